The van der Waals surface area contributed by atoms with Crippen molar-refractivity contribution in [1.29, 1.82) is 0 Å². The second kappa shape index (κ2) is 7.63. The lowest BCUT2D eigenvalue weighted by atomic mass is 10.1. The predicted octanol–water partition coefficient (Wildman–Crippen LogP) is 4.54. The molecular weight excluding hydrogens is 374 g/mol. The number of aromatic nitrogens is 6. The van der Waals surface area contributed by atoms with Gasteiger partial charge in [-0.2, -0.15) is 0 Å². The summed E-state index contributed by atoms with van der Waals surface area (Å²) in [7, 11) is 0. The van der Waals surface area contributed by atoms with E-state index >= 15 is 0 Å². The summed E-state index contributed by atoms with van der Waals surface area (Å²) in [6.45, 7) is 1.94. The second-order valence-corrected chi connectivity index (χ2v) is 6.78. The quantitative estimate of drug-likeness (QED) is 0.454. The number of benzene rings is 1. The van der Waals surface area contributed by atoms with Gasteiger partial charge >= 0.3 is 0 Å². The molecule has 0 saturated carbocycles. The Bertz CT molecular complexity index is 1360. The fourth-order valence-electron chi connectivity index (χ4n) is 3.25. The summed E-state index contributed by atoms with van der Waals surface area (Å²) < 4.78 is 0. The summed E-state index contributed by atoms with van der Waals surface area (Å²) in [5, 5.41) is 1.08. The van der Waals surface area contributed by atoms with E-state index in [9.17, 15) is 0 Å². The number of fused-ring (bicyclic) bond motifs is 1. The Balaban J connectivity index is 1.64. The molecule has 0 bridgehead atoms. The van der Waals surface area contributed by atoms with Gasteiger partial charge in [0.2, 0.25) is 0 Å². The lowest BCUT2D eigenvalue weighted by molar-refractivity contribution is 1.12. The molecular formula is C23H17N7. The predicted molar refractivity (Wildman–Crippen MR) is 117 cm³/mol. The van der Waals surface area contributed by atoms with Crippen molar-refractivity contribution in [2.24, 2.45) is 4.99 Å². The highest BCUT2D eigenvalue weighted by Crippen LogP contribution is 2.30. The van der Waals surface area contributed by atoms with Gasteiger partial charge in [0.05, 0.1) is 23.3 Å². The third-order valence-electron chi connectivity index (χ3n) is 4.66. The molecule has 4 heterocycles. The number of hydrogen-bond donors (Lipinski definition) is 1. The van der Waals surface area contributed by atoms with Crippen molar-refractivity contribution in [3.63, 3.8) is 0 Å². The van der Waals surface area contributed by atoms with Gasteiger partial charge in [-0.05, 0) is 31.2 Å². The summed E-state index contributed by atoms with van der Waals surface area (Å²) in [4.78, 5) is 29.8. The van der Waals surface area contributed by atoms with E-state index in [1.807, 2.05) is 55.6 Å². The van der Waals surface area contributed by atoms with E-state index in [1.54, 1.807) is 18.6 Å². The van der Waals surface area contributed by atoms with Crippen LogP contribution in [0.5, 0.6) is 0 Å². The Morgan fingerprint density at radius 2 is 1.73 bits per heavy atom. The summed E-state index contributed by atoms with van der Waals surface area (Å²) in [6, 6.07) is 15.8. The fourth-order valence-corrected chi connectivity index (χ4v) is 3.25. The van der Waals surface area contributed by atoms with Gasteiger partial charge in [-0.1, -0.05) is 24.3 Å². The molecule has 0 aliphatic rings. The van der Waals surface area contributed by atoms with Crippen LogP contribution in [0.25, 0.3) is 33.4 Å². The van der Waals surface area contributed by atoms with E-state index in [1.165, 1.54) is 6.33 Å². The zero-order valence-corrected chi connectivity index (χ0v) is 16.2. The van der Waals surface area contributed by atoms with Gasteiger partial charge < -0.3 is 4.98 Å². The molecule has 0 spiro atoms. The molecule has 0 unspecified atom stereocenters. The van der Waals surface area contributed by atoms with Gasteiger partial charge in [-0.15, -0.1) is 0 Å². The molecule has 0 radical (unpaired) electrons. The van der Waals surface area contributed by atoms with Crippen LogP contribution in [-0.4, -0.2) is 36.1 Å². The van der Waals surface area contributed by atoms with Gasteiger partial charge in [0.15, 0.2) is 0 Å². The minimum absolute atomic E-state index is 0.347. The molecule has 0 atom stereocenters. The highest BCUT2D eigenvalue weighted by molar-refractivity contribution is 5.95. The van der Waals surface area contributed by atoms with E-state index in [2.05, 4.69) is 36.0 Å². The molecule has 5 rings (SSSR count). The molecule has 30 heavy (non-hydrogen) atoms. The Labute approximate surface area is 172 Å². The first-order valence-corrected chi connectivity index (χ1v) is 9.45. The van der Waals surface area contributed by atoms with Crippen LogP contribution in [0.4, 0.5) is 5.95 Å². The van der Waals surface area contributed by atoms with Crippen molar-refractivity contribution in [2.75, 3.05) is 0 Å². The van der Waals surface area contributed by atoms with Crippen molar-refractivity contribution in [1.82, 2.24) is 29.9 Å². The second-order valence-electron chi connectivity index (χ2n) is 6.78. The molecule has 0 saturated heterocycles. The highest BCUT2D eigenvalue weighted by atomic mass is 15.0. The summed E-state index contributed by atoms with van der Waals surface area (Å²) in [6.07, 6.45) is 8.57. The lowest BCUT2D eigenvalue weighted by Gasteiger charge is -2.05. The zero-order valence-electron chi connectivity index (χ0n) is 16.2. The number of nitrogens with one attached hydrogen (secondary N) is 1. The number of hydrogen-bond acceptors (Lipinski definition) is 6. The lowest BCUT2D eigenvalue weighted by Crippen LogP contribution is -1.94. The maximum absolute atomic E-state index is 4.69. The van der Waals surface area contributed by atoms with Gasteiger partial charge in [0, 0.05) is 46.3 Å². The topological polar surface area (TPSA) is 92.6 Å². The van der Waals surface area contributed by atoms with E-state index < -0.39 is 0 Å². The van der Waals surface area contributed by atoms with Crippen molar-refractivity contribution >= 4 is 23.1 Å². The number of rotatable bonds is 4. The Hall–Kier alpha value is -4.26. The Kier molecular flexibility index (Phi) is 4.53. The number of nitrogens with zero attached hydrogens (tertiary/aromatic N) is 6. The monoisotopic (exact) mass is 391 g/mol. The Morgan fingerprint density at radius 1 is 0.900 bits per heavy atom. The molecule has 7 heteroatoms. The van der Waals surface area contributed by atoms with Crippen LogP contribution in [0.15, 0.2) is 78.4 Å². The number of H-pyrrole nitrogens is 1. The molecule has 0 aliphatic carbocycles. The summed E-state index contributed by atoms with van der Waals surface area (Å²) in [5.74, 6) is 0.347. The van der Waals surface area contributed by atoms with Crippen LogP contribution >= 0.6 is 0 Å². The average molecular weight is 391 g/mol. The van der Waals surface area contributed by atoms with E-state index in [-0.39, 0.29) is 0 Å². The minimum Gasteiger partial charge on any atom is -0.360 e. The number of aromatic amines is 1. The molecule has 1 N–H and O–H groups in total. The smallest absolute Gasteiger partial charge is 0.250 e. The number of aliphatic imine (C=N–C) groups is 1. The molecule has 5 aromatic rings. The number of pyridine rings is 1. The summed E-state index contributed by atoms with van der Waals surface area (Å²) >= 11 is 0. The van der Waals surface area contributed by atoms with Crippen LogP contribution in [0, 0.1) is 6.92 Å². The number of para-hydroxylation sites is 1. The molecule has 1 aromatic carbocycles. The molecule has 0 fully saturated rings. The van der Waals surface area contributed by atoms with Gasteiger partial charge in [-0.25, -0.2) is 24.9 Å². The standard InChI is InChI=1S/C23H17N7/c1-15-5-4-6-17(28-15)12-27-23-29-21(16-10-24-14-25-11-16)9-22(30-23)19-13-26-20-8-3-2-7-18(19)20/h2-14,26H,1H3/b27-12+. The Morgan fingerprint density at radius 3 is 2.60 bits per heavy atom. The zero-order chi connectivity index (χ0) is 20.3. The van der Waals surface area contributed by atoms with E-state index in [0.717, 1.165) is 39.1 Å². The third kappa shape index (κ3) is 3.56. The highest BCUT2D eigenvalue weighted by Gasteiger charge is 2.12. The molecule has 144 valence electrons. The van der Waals surface area contributed by atoms with E-state index in [0.29, 0.717) is 11.6 Å². The van der Waals surface area contributed by atoms with Crippen LogP contribution in [0.3, 0.4) is 0 Å². The van der Waals surface area contributed by atoms with Crippen molar-refractivity contribution in [3.05, 3.63) is 84.8 Å². The molecule has 7 nitrogen and oxygen atoms in total. The van der Waals surface area contributed by atoms with Crippen molar-refractivity contribution in [2.45, 2.75) is 6.92 Å². The first-order valence-electron chi connectivity index (χ1n) is 9.45. The minimum atomic E-state index is 0.347. The maximum atomic E-state index is 4.69. The van der Waals surface area contributed by atoms with E-state index in [4.69, 9.17) is 4.98 Å². The first kappa shape index (κ1) is 17.8. The van der Waals surface area contributed by atoms with Crippen molar-refractivity contribution in [3.8, 4) is 22.5 Å². The fraction of sp³-hybridized carbons (Fsp3) is 0.0435. The summed E-state index contributed by atoms with van der Waals surface area (Å²) in [5.41, 5.74) is 5.98. The third-order valence-corrected chi connectivity index (χ3v) is 4.66. The van der Waals surface area contributed by atoms with Crippen LogP contribution in [0.2, 0.25) is 0 Å². The molecule has 0 aliphatic heterocycles. The number of aryl methyl sites for hydroxylation is 1. The van der Waals surface area contributed by atoms with Crippen molar-refractivity contribution < 1.29 is 0 Å². The molecule has 0 amide bonds. The SMILES string of the molecule is Cc1cccc(/C=N/c2nc(-c3cncnc3)cc(-c3c[nH]c4ccccc34)n2)n1. The van der Waals surface area contributed by atoms with Crippen LogP contribution in [-0.2, 0) is 0 Å². The van der Waals surface area contributed by atoms with Gasteiger partial charge in [0.25, 0.3) is 5.95 Å². The normalized spacial score (nSPS) is 11.4. The van der Waals surface area contributed by atoms with Crippen LogP contribution < -0.4 is 0 Å². The van der Waals surface area contributed by atoms with Crippen LogP contribution in [0.1, 0.15) is 11.4 Å². The average Bonchev–Trinajstić information content (AvgIpc) is 3.22. The molecule has 4 aromatic heterocycles. The van der Waals surface area contributed by atoms with Gasteiger partial charge in [-0.3, -0.25) is 4.98 Å². The van der Waals surface area contributed by atoms with Gasteiger partial charge in [0.1, 0.15) is 6.33 Å². The maximum Gasteiger partial charge on any atom is 0.250 e. The largest absolute Gasteiger partial charge is 0.360 e. The first-order chi connectivity index (χ1) is 14.8.